The van der Waals surface area contributed by atoms with Crippen LogP contribution in [0.4, 0.5) is 0 Å². The van der Waals surface area contributed by atoms with Gasteiger partial charge in [-0.2, -0.15) is 0 Å². The highest BCUT2D eigenvalue weighted by molar-refractivity contribution is 8.00. The number of amides is 1. The van der Waals surface area contributed by atoms with E-state index in [0.717, 1.165) is 18.0 Å². The Hall–Kier alpha value is -1.52. The van der Waals surface area contributed by atoms with Crippen LogP contribution >= 0.6 is 11.8 Å². The van der Waals surface area contributed by atoms with Gasteiger partial charge in [0.05, 0.1) is 5.75 Å². The maximum Gasteiger partial charge on any atom is 0.230 e. The fraction of sp³-hybridized carbons (Fsp3) is 0.312. The van der Waals surface area contributed by atoms with Gasteiger partial charge in [-0.15, -0.1) is 11.8 Å². The number of carbonyl (C=O) groups is 1. The van der Waals surface area contributed by atoms with Crippen LogP contribution in [-0.4, -0.2) is 31.3 Å². The molecule has 0 saturated carbocycles. The highest BCUT2D eigenvalue weighted by atomic mass is 32.2. The van der Waals surface area contributed by atoms with Gasteiger partial charge < -0.3 is 10.6 Å². The van der Waals surface area contributed by atoms with Crippen LogP contribution < -0.4 is 10.6 Å². The number of benzene rings is 2. The highest BCUT2D eigenvalue weighted by Crippen LogP contribution is 2.23. The minimum absolute atomic E-state index is 0.0843. The van der Waals surface area contributed by atoms with Crippen molar-refractivity contribution in [3.05, 3.63) is 42.5 Å². The first-order chi connectivity index (χ1) is 9.79. The molecule has 1 amide bonds. The molecule has 0 bridgehead atoms. The average Bonchev–Trinajstić information content (AvgIpc) is 2.49. The number of hydrogen-bond donors (Lipinski definition) is 2. The smallest absolute Gasteiger partial charge is 0.230 e. The molecule has 0 aliphatic heterocycles. The van der Waals surface area contributed by atoms with E-state index < -0.39 is 0 Å². The second-order valence-electron chi connectivity index (χ2n) is 4.50. The van der Waals surface area contributed by atoms with Crippen molar-refractivity contribution < 1.29 is 4.79 Å². The summed E-state index contributed by atoms with van der Waals surface area (Å²) in [6.07, 6.45) is 0. The van der Waals surface area contributed by atoms with Gasteiger partial charge in [-0.05, 0) is 29.4 Å². The van der Waals surface area contributed by atoms with Gasteiger partial charge in [0, 0.05) is 18.0 Å². The number of fused-ring (bicyclic) bond motifs is 1. The maximum absolute atomic E-state index is 11.7. The monoisotopic (exact) mass is 288 g/mol. The van der Waals surface area contributed by atoms with Gasteiger partial charge in [0.15, 0.2) is 0 Å². The van der Waals surface area contributed by atoms with Gasteiger partial charge in [-0.3, -0.25) is 4.79 Å². The zero-order valence-electron chi connectivity index (χ0n) is 11.7. The van der Waals surface area contributed by atoms with Crippen LogP contribution in [0.15, 0.2) is 47.4 Å². The lowest BCUT2D eigenvalue weighted by molar-refractivity contribution is -0.118. The van der Waals surface area contributed by atoms with E-state index >= 15 is 0 Å². The lowest BCUT2D eigenvalue weighted by Gasteiger charge is -2.06. The number of carbonyl (C=O) groups excluding carboxylic acids is 1. The van der Waals surface area contributed by atoms with E-state index in [2.05, 4.69) is 47.9 Å². The van der Waals surface area contributed by atoms with E-state index in [1.54, 1.807) is 11.8 Å². The van der Waals surface area contributed by atoms with Crippen LogP contribution in [-0.2, 0) is 4.79 Å². The molecule has 0 radical (unpaired) electrons. The van der Waals surface area contributed by atoms with E-state index in [4.69, 9.17) is 0 Å². The predicted molar refractivity (Wildman–Crippen MR) is 86.2 cm³/mol. The lowest BCUT2D eigenvalue weighted by atomic mass is 10.1. The minimum Gasteiger partial charge on any atom is -0.354 e. The molecule has 20 heavy (non-hydrogen) atoms. The number of rotatable bonds is 7. The summed E-state index contributed by atoms with van der Waals surface area (Å²) >= 11 is 1.57. The first-order valence-corrected chi connectivity index (χ1v) is 7.87. The van der Waals surface area contributed by atoms with Crippen molar-refractivity contribution in [2.24, 2.45) is 0 Å². The van der Waals surface area contributed by atoms with Gasteiger partial charge in [0.25, 0.3) is 0 Å². The summed E-state index contributed by atoms with van der Waals surface area (Å²) in [5.74, 6) is 0.547. The van der Waals surface area contributed by atoms with Crippen molar-refractivity contribution in [3.63, 3.8) is 0 Å². The van der Waals surface area contributed by atoms with Gasteiger partial charge in [0.1, 0.15) is 0 Å². The fourth-order valence-corrected chi connectivity index (χ4v) is 2.70. The van der Waals surface area contributed by atoms with E-state index in [1.807, 2.05) is 12.1 Å². The van der Waals surface area contributed by atoms with Crippen molar-refractivity contribution in [1.82, 2.24) is 10.6 Å². The summed E-state index contributed by atoms with van der Waals surface area (Å²) in [6.45, 7) is 4.49. The quantitative estimate of drug-likeness (QED) is 0.608. The molecule has 2 aromatic carbocycles. The molecule has 0 fully saturated rings. The van der Waals surface area contributed by atoms with E-state index in [9.17, 15) is 4.79 Å². The number of likely N-dealkylation sites (N-methyl/N-ethyl adjacent to an activating group) is 1. The zero-order chi connectivity index (χ0) is 14.2. The minimum atomic E-state index is 0.0843. The Bertz CT molecular complexity index is 571. The molecule has 0 saturated heterocycles. The van der Waals surface area contributed by atoms with E-state index in [-0.39, 0.29) is 5.91 Å². The molecule has 2 aromatic rings. The van der Waals surface area contributed by atoms with Crippen LogP contribution in [0.1, 0.15) is 6.92 Å². The van der Waals surface area contributed by atoms with Crippen LogP contribution in [0.25, 0.3) is 10.8 Å². The molecule has 4 heteroatoms. The summed E-state index contributed by atoms with van der Waals surface area (Å²) in [4.78, 5) is 12.8. The molecule has 3 nitrogen and oxygen atoms in total. The second-order valence-corrected chi connectivity index (χ2v) is 5.55. The fourth-order valence-electron chi connectivity index (χ4n) is 1.92. The lowest BCUT2D eigenvalue weighted by Crippen LogP contribution is -2.32. The average molecular weight is 288 g/mol. The molecule has 0 heterocycles. The Morgan fingerprint density at radius 3 is 2.70 bits per heavy atom. The summed E-state index contributed by atoms with van der Waals surface area (Å²) in [5, 5.41) is 8.52. The number of nitrogens with one attached hydrogen (secondary N) is 2. The van der Waals surface area contributed by atoms with Crippen LogP contribution in [0, 0.1) is 0 Å². The molecule has 106 valence electrons. The molecule has 0 spiro atoms. The Morgan fingerprint density at radius 1 is 1.10 bits per heavy atom. The molecule has 0 aliphatic rings. The van der Waals surface area contributed by atoms with Crippen molar-refractivity contribution in [1.29, 1.82) is 0 Å². The topological polar surface area (TPSA) is 41.1 Å². The van der Waals surface area contributed by atoms with Gasteiger partial charge >= 0.3 is 0 Å². The second kappa shape index (κ2) is 7.92. The van der Waals surface area contributed by atoms with Crippen LogP contribution in [0.2, 0.25) is 0 Å². The molecule has 0 aliphatic carbocycles. The summed E-state index contributed by atoms with van der Waals surface area (Å²) in [6, 6.07) is 14.6. The van der Waals surface area contributed by atoms with Crippen LogP contribution in [0.5, 0.6) is 0 Å². The molecular weight excluding hydrogens is 268 g/mol. The summed E-state index contributed by atoms with van der Waals surface area (Å²) in [5.41, 5.74) is 0. The maximum atomic E-state index is 11.7. The Morgan fingerprint density at radius 2 is 1.90 bits per heavy atom. The SMILES string of the molecule is CCNCCNC(=O)CSc1ccc2ccccc2c1. The number of hydrogen-bond acceptors (Lipinski definition) is 3. The third kappa shape index (κ3) is 4.54. The highest BCUT2D eigenvalue weighted by Gasteiger charge is 2.03. The zero-order valence-corrected chi connectivity index (χ0v) is 12.5. The van der Waals surface area contributed by atoms with Gasteiger partial charge in [-0.25, -0.2) is 0 Å². The predicted octanol–water partition coefficient (Wildman–Crippen LogP) is 2.66. The van der Waals surface area contributed by atoms with Gasteiger partial charge in [-0.1, -0.05) is 37.3 Å². The van der Waals surface area contributed by atoms with Crippen molar-refractivity contribution in [2.45, 2.75) is 11.8 Å². The first-order valence-electron chi connectivity index (χ1n) is 6.88. The Balaban J connectivity index is 1.81. The molecule has 2 rings (SSSR count). The van der Waals surface area contributed by atoms with E-state index in [1.165, 1.54) is 10.8 Å². The molecule has 0 aromatic heterocycles. The first kappa shape index (κ1) is 14.9. The van der Waals surface area contributed by atoms with Crippen LogP contribution in [0.3, 0.4) is 0 Å². The standard InChI is InChI=1S/C16H20N2OS/c1-2-17-9-10-18-16(19)12-20-15-8-7-13-5-3-4-6-14(13)11-15/h3-8,11,17H,2,9-10,12H2,1H3,(H,18,19). The van der Waals surface area contributed by atoms with Crippen molar-refractivity contribution >= 4 is 28.4 Å². The number of thioether (sulfide) groups is 1. The molecule has 2 N–H and O–H groups in total. The normalized spacial score (nSPS) is 10.7. The van der Waals surface area contributed by atoms with E-state index in [0.29, 0.717) is 12.3 Å². The largest absolute Gasteiger partial charge is 0.354 e. The summed E-state index contributed by atoms with van der Waals surface area (Å²) < 4.78 is 0. The Kier molecular flexibility index (Phi) is 5.89. The molecule has 0 unspecified atom stereocenters. The van der Waals surface area contributed by atoms with Gasteiger partial charge in [0.2, 0.25) is 5.91 Å². The summed E-state index contributed by atoms with van der Waals surface area (Å²) in [7, 11) is 0. The van der Waals surface area contributed by atoms with Crippen molar-refractivity contribution in [3.8, 4) is 0 Å². The van der Waals surface area contributed by atoms with Crippen molar-refractivity contribution in [2.75, 3.05) is 25.4 Å². The third-order valence-corrected chi connectivity index (χ3v) is 3.96. The third-order valence-electron chi connectivity index (χ3n) is 2.96. The molecule has 0 atom stereocenters. The Labute approximate surface area is 124 Å². The molecular formula is C16H20N2OS.